The lowest BCUT2D eigenvalue weighted by atomic mass is 9.83. The number of nitriles is 1. The minimum atomic E-state index is -4.65. The number of ketones is 1. The molecule has 0 aromatic heterocycles. The molecule has 2 aliphatic rings. The van der Waals surface area contributed by atoms with Gasteiger partial charge in [-0.1, -0.05) is 39.0 Å². The zero-order valence-corrected chi connectivity index (χ0v) is 21.2. The highest BCUT2D eigenvalue weighted by Crippen LogP contribution is 2.44. The van der Waals surface area contributed by atoms with Crippen molar-refractivity contribution in [2.75, 3.05) is 11.4 Å². The average molecular weight is 525 g/mol. The molecule has 0 fully saturated rings. The van der Waals surface area contributed by atoms with Gasteiger partial charge in [-0.25, -0.2) is 14.5 Å². The summed E-state index contributed by atoms with van der Waals surface area (Å²) in [7, 11) is 0. The van der Waals surface area contributed by atoms with E-state index in [1.165, 1.54) is 24.3 Å². The summed E-state index contributed by atoms with van der Waals surface area (Å²) in [4.78, 5) is 42.9. The molecule has 0 saturated carbocycles. The van der Waals surface area contributed by atoms with E-state index in [-0.39, 0.29) is 47.5 Å². The van der Waals surface area contributed by atoms with Crippen molar-refractivity contribution < 1.29 is 27.6 Å². The van der Waals surface area contributed by atoms with Gasteiger partial charge in [-0.3, -0.25) is 9.69 Å². The fourth-order valence-electron chi connectivity index (χ4n) is 4.63. The van der Waals surface area contributed by atoms with Gasteiger partial charge in [-0.15, -0.1) is 0 Å². The average Bonchev–Trinajstić information content (AvgIpc) is 2.86. The van der Waals surface area contributed by atoms with Crippen LogP contribution in [0.1, 0.15) is 62.8 Å². The van der Waals surface area contributed by atoms with Crippen LogP contribution in [0.4, 0.5) is 28.4 Å². The number of carbonyl (C=O) groups is 3. The largest absolute Gasteiger partial charge is 0.416 e. The Bertz CT molecular complexity index is 1350. The molecule has 1 N–H and O–H groups in total. The SMILES string of the molecule is CC(C)(C)CNC(=O)N1C(=O)N(c2cccc(C(F)(F)F)c2)C2=C(C(=O)CCC2)C1c1ccc(C#N)cc1. The lowest BCUT2D eigenvalue weighted by molar-refractivity contribution is -0.137. The minimum absolute atomic E-state index is 0.0843. The second kappa shape index (κ2) is 9.97. The van der Waals surface area contributed by atoms with Crippen LogP contribution in [0.15, 0.2) is 59.8 Å². The summed E-state index contributed by atoms with van der Waals surface area (Å²) in [5.74, 6) is -0.293. The number of anilines is 1. The Kier molecular flexibility index (Phi) is 7.06. The van der Waals surface area contributed by atoms with E-state index in [1.807, 2.05) is 26.8 Å². The van der Waals surface area contributed by atoms with E-state index in [4.69, 9.17) is 0 Å². The van der Waals surface area contributed by atoms with Crippen LogP contribution >= 0.6 is 0 Å². The number of imide groups is 1. The van der Waals surface area contributed by atoms with E-state index in [0.29, 0.717) is 17.5 Å². The van der Waals surface area contributed by atoms with Crippen LogP contribution in [0.5, 0.6) is 0 Å². The molecule has 0 saturated heterocycles. The highest BCUT2D eigenvalue weighted by Gasteiger charge is 2.47. The third-order valence-electron chi connectivity index (χ3n) is 6.40. The molecular formula is C28H27F3N4O3. The molecule has 198 valence electrons. The number of halogens is 3. The van der Waals surface area contributed by atoms with E-state index in [1.54, 1.807) is 12.1 Å². The fourth-order valence-corrected chi connectivity index (χ4v) is 4.63. The molecule has 2 aromatic carbocycles. The van der Waals surface area contributed by atoms with Gasteiger partial charge < -0.3 is 5.32 Å². The van der Waals surface area contributed by atoms with Crippen LogP contribution in [0.3, 0.4) is 0 Å². The van der Waals surface area contributed by atoms with Gasteiger partial charge in [0.25, 0.3) is 0 Å². The summed E-state index contributed by atoms with van der Waals surface area (Å²) in [6.45, 7) is 5.88. The molecular weight excluding hydrogens is 497 g/mol. The second-order valence-corrected chi connectivity index (χ2v) is 10.5. The van der Waals surface area contributed by atoms with Crippen molar-refractivity contribution in [2.24, 2.45) is 5.41 Å². The number of allylic oxidation sites excluding steroid dienone is 1. The van der Waals surface area contributed by atoms with Crippen LogP contribution in [0.25, 0.3) is 0 Å². The standard InChI is InChI=1S/C28H27F3N4O3/c1-27(2,3)16-33-25(37)35-24(18-12-10-17(15-32)11-13-18)23-21(8-5-9-22(23)36)34(26(35)38)20-7-4-6-19(14-20)28(29,30)31/h4,6-7,10-14,24H,5,8-9,16H2,1-3H3,(H,33,37). The van der Waals surface area contributed by atoms with Gasteiger partial charge in [-0.2, -0.15) is 18.4 Å². The number of nitrogens with one attached hydrogen (secondary N) is 1. The number of Topliss-reactive ketones (excluding diaryl/α,β-unsaturated/α-hetero) is 1. The lowest BCUT2D eigenvalue weighted by Gasteiger charge is -2.44. The van der Waals surface area contributed by atoms with Gasteiger partial charge in [-0.05, 0) is 54.2 Å². The number of urea groups is 2. The van der Waals surface area contributed by atoms with Crippen LogP contribution in [0, 0.1) is 16.7 Å². The summed E-state index contributed by atoms with van der Waals surface area (Å²) >= 11 is 0. The highest BCUT2D eigenvalue weighted by atomic mass is 19.4. The summed E-state index contributed by atoms with van der Waals surface area (Å²) < 4.78 is 40.6. The number of hydrogen-bond donors (Lipinski definition) is 1. The number of amides is 4. The summed E-state index contributed by atoms with van der Waals surface area (Å²) in [6.07, 6.45) is -3.79. The molecule has 1 atom stereocenters. The van der Waals surface area contributed by atoms with Crippen LogP contribution < -0.4 is 10.2 Å². The minimum Gasteiger partial charge on any atom is -0.337 e. The van der Waals surface area contributed by atoms with E-state index < -0.39 is 29.8 Å². The molecule has 4 amide bonds. The zero-order valence-electron chi connectivity index (χ0n) is 21.2. The maximum atomic E-state index is 14.0. The van der Waals surface area contributed by atoms with Crippen molar-refractivity contribution in [3.05, 3.63) is 76.5 Å². The molecule has 1 aliphatic carbocycles. The molecule has 0 bridgehead atoms. The molecule has 1 unspecified atom stereocenters. The number of rotatable bonds is 3. The van der Waals surface area contributed by atoms with Gasteiger partial charge in [0.15, 0.2) is 5.78 Å². The van der Waals surface area contributed by atoms with E-state index in [0.717, 1.165) is 21.9 Å². The first-order chi connectivity index (χ1) is 17.8. The third kappa shape index (κ3) is 5.28. The summed E-state index contributed by atoms with van der Waals surface area (Å²) in [5.41, 5.74) is -0.110. The molecule has 0 radical (unpaired) electrons. The van der Waals surface area contributed by atoms with Crippen molar-refractivity contribution >= 4 is 23.5 Å². The van der Waals surface area contributed by atoms with Gasteiger partial charge in [0.05, 0.1) is 28.9 Å². The first kappa shape index (κ1) is 26.9. The second-order valence-electron chi connectivity index (χ2n) is 10.5. The normalized spacial score (nSPS) is 18.3. The molecule has 38 heavy (non-hydrogen) atoms. The monoisotopic (exact) mass is 524 g/mol. The van der Waals surface area contributed by atoms with E-state index in [2.05, 4.69) is 5.32 Å². The molecule has 2 aromatic rings. The zero-order chi connectivity index (χ0) is 27.8. The van der Waals surface area contributed by atoms with Gasteiger partial charge in [0.2, 0.25) is 0 Å². The predicted octanol–water partition coefficient (Wildman–Crippen LogP) is 6.32. The summed E-state index contributed by atoms with van der Waals surface area (Å²) in [6, 6.07) is 9.75. The van der Waals surface area contributed by atoms with Crippen LogP contribution in [0.2, 0.25) is 0 Å². The number of benzene rings is 2. The first-order valence-electron chi connectivity index (χ1n) is 12.2. The highest BCUT2D eigenvalue weighted by molar-refractivity contribution is 6.11. The van der Waals surface area contributed by atoms with E-state index >= 15 is 0 Å². The molecule has 7 nitrogen and oxygen atoms in total. The number of carbonyl (C=O) groups excluding carboxylic acids is 3. The Balaban J connectivity index is 1.93. The molecule has 10 heteroatoms. The van der Waals surface area contributed by atoms with Crippen molar-refractivity contribution in [1.29, 1.82) is 5.26 Å². The molecule has 1 heterocycles. The van der Waals surface area contributed by atoms with Crippen LogP contribution in [-0.4, -0.2) is 29.3 Å². The Hall–Kier alpha value is -4.13. The fraction of sp³-hybridized carbons (Fsp3) is 0.357. The Labute approximate surface area is 218 Å². The maximum Gasteiger partial charge on any atom is 0.416 e. The molecule has 0 spiro atoms. The van der Waals surface area contributed by atoms with E-state index in [9.17, 15) is 32.8 Å². The lowest BCUT2D eigenvalue weighted by Crippen LogP contribution is -2.57. The smallest absolute Gasteiger partial charge is 0.337 e. The molecule has 4 rings (SSSR count). The Morgan fingerprint density at radius 2 is 1.76 bits per heavy atom. The molecule has 1 aliphatic heterocycles. The van der Waals surface area contributed by atoms with Gasteiger partial charge in [0.1, 0.15) is 0 Å². The Morgan fingerprint density at radius 3 is 2.37 bits per heavy atom. The number of hydrogen-bond acceptors (Lipinski definition) is 4. The van der Waals surface area contributed by atoms with Gasteiger partial charge in [0, 0.05) is 24.2 Å². The Morgan fingerprint density at radius 1 is 1.08 bits per heavy atom. The first-order valence-corrected chi connectivity index (χ1v) is 12.2. The maximum absolute atomic E-state index is 14.0. The number of nitrogens with zero attached hydrogens (tertiary/aromatic N) is 3. The van der Waals surface area contributed by atoms with Crippen molar-refractivity contribution in [3.63, 3.8) is 0 Å². The third-order valence-corrected chi connectivity index (χ3v) is 6.40. The van der Waals surface area contributed by atoms with Crippen molar-refractivity contribution in [3.8, 4) is 6.07 Å². The predicted molar refractivity (Wildman–Crippen MR) is 134 cm³/mol. The summed E-state index contributed by atoms with van der Waals surface area (Å²) in [5, 5.41) is 11.9. The topological polar surface area (TPSA) is 93.5 Å². The quantitative estimate of drug-likeness (QED) is 0.508. The van der Waals surface area contributed by atoms with Crippen LogP contribution in [-0.2, 0) is 11.0 Å². The number of alkyl halides is 3. The van der Waals surface area contributed by atoms with Gasteiger partial charge >= 0.3 is 18.2 Å². The van der Waals surface area contributed by atoms with Crippen molar-refractivity contribution in [1.82, 2.24) is 10.2 Å². The van der Waals surface area contributed by atoms with Crippen molar-refractivity contribution in [2.45, 2.75) is 52.3 Å².